The standard InChI is InChI=1S/C35H39N3O/c1-25(24-26-12-6-4-7-13-26)34(39)38-23-20-30-29-16-10-11-17-31(29)36-33(30)35(38)21-18-28(19-22-35)32(37(2)3)27-14-8-5-9-15-27/h4-17,24,28,32,36H,18-23H2,1-3H3. The number of para-hydroxylation sites is 1. The number of carbonyl (C=O) groups excluding carboxylic acids is 1. The van der Waals surface area contributed by atoms with Gasteiger partial charge in [0.15, 0.2) is 0 Å². The third kappa shape index (κ3) is 4.61. The topological polar surface area (TPSA) is 39.3 Å². The molecule has 1 N–H and O–H groups in total. The SMILES string of the molecule is CC(=Cc1ccccc1)C(=O)N1CCc2c([nH]c3ccccc23)C12CCC(C(c1ccccc1)N(C)C)CC2. The molecule has 1 fully saturated rings. The first-order valence-electron chi connectivity index (χ1n) is 14.3. The van der Waals surface area contributed by atoms with E-state index in [1.54, 1.807) is 0 Å². The molecule has 1 aromatic heterocycles. The van der Waals surface area contributed by atoms with E-state index in [-0.39, 0.29) is 11.4 Å². The molecule has 0 saturated heterocycles. The second-order valence-corrected chi connectivity index (χ2v) is 11.7. The van der Waals surface area contributed by atoms with Gasteiger partial charge in [-0.15, -0.1) is 0 Å². The quantitative estimate of drug-likeness (QED) is 0.281. The molecule has 39 heavy (non-hydrogen) atoms. The number of carbonyl (C=O) groups is 1. The number of nitrogens with one attached hydrogen (secondary N) is 1. The summed E-state index contributed by atoms with van der Waals surface area (Å²) < 4.78 is 0. The van der Waals surface area contributed by atoms with Crippen LogP contribution in [0.4, 0.5) is 0 Å². The lowest BCUT2D eigenvalue weighted by atomic mass is 9.68. The van der Waals surface area contributed by atoms with Crippen molar-refractivity contribution in [3.8, 4) is 0 Å². The Morgan fingerprint density at radius 2 is 1.59 bits per heavy atom. The minimum Gasteiger partial charge on any atom is -0.356 e. The van der Waals surface area contributed by atoms with Crippen LogP contribution in [0.25, 0.3) is 17.0 Å². The molecular formula is C35H39N3O. The van der Waals surface area contributed by atoms with Crippen LogP contribution < -0.4 is 0 Å². The summed E-state index contributed by atoms with van der Waals surface area (Å²) in [6, 6.07) is 30.1. The van der Waals surface area contributed by atoms with Crippen molar-refractivity contribution in [2.24, 2.45) is 5.92 Å². The second-order valence-electron chi connectivity index (χ2n) is 11.7. The summed E-state index contributed by atoms with van der Waals surface area (Å²) in [5.74, 6) is 0.703. The van der Waals surface area contributed by atoms with Crippen LogP contribution >= 0.6 is 0 Å². The Bertz CT molecular complexity index is 1480. The van der Waals surface area contributed by atoms with Crippen molar-refractivity contribution in [3.05, 3.63) is 113 Å². The normalized spacial score (nSPS) is 22.3. The number of amides is 1. The predicted molar refractivity (Wildman–Crippen MR) is 160 cm³/mol. The number of hydrogen-bond acceptors (Lipinski definition) is 2. The molecule has 4 aromatic rings. The van der Waals surface area contributed by atoms with Gasteiger partial charge in [0, 0.05) is 34.8 Å². The van der Waals surface area contributed by atoms with Gasteiger partial charge < -0.3 is 14.8 Å². The molecule has 2 aliphatic rings. The van der Waals surface area contributed by atoms with Gasteiger partial charge >= 0.3 is 0 Å². The van der Waals surface area contributed by atoms with Crippen LogP contribution in [0.1, 0.15) is 61.0 Å². The van der Waals surface area contributed by atoms with E-state index >= 15 is 0 Å². The molecule has 0 radical (unpaired) electrons. The van der Waals surface area contributed by atoms with E-state index in [0.29, 0.717) is 12.0 Å². The fraction of sp³-hybridized carbons (Fsp3) is 0.343. The van der Waals surface area contributed by atoms with Crippen LogP contribution in [0.3, 0.4) is 0 Å². The fourth-order valence-corrected chi connectivity index (χ4v) is 7.39. The average Bonchev–Trinajstić information content (AvgIpc) is 3.35. The summed E-state index contributed by atoms with van der Waals surface area (Å²) >= 11 is 0. The Morgan fingerprint density at radius 1 is 0.949 bits per heavy atom. The minimum absolute atomic E-state index is 0.161. The van der Waals surface area contributed by atoms with Crippen LogP contribution in [0.15, 0.2) is 90.5 Å². The third-order valence-electron chi connectivity index (χ3n) is 9.15. The van der Waals surface area contributed by atoms with E-state index < -0.39 is 0 Å². The molecule has 4 nitrogen and oxygen atoms in total. The molecule has 4 heteroatoms. The van der Waals surface area contributed by atoms with E-state index in [0.717, 1.165) is 49.8 Å². The monoisotopic (exact) mass is 517 g/mol. The van der Waals surface area contributed by atoms with Crippen molar-refractivity contribution >= 4 is 22.9 Å². The van der Waals surface area contributed by atoms with Gasteiger partial charge in [0.2, 0.25) is 5.91 Å². The van der Waals surface area contributed by atoms with Crippen LogP contribution in [0.5, 0.6) is 0 Å². The molecule has 1 aliphatic heterocycles. The van der Waals surface area contributed by atoms with Gasteiger partial charge in [0.1, 0.15) is 0 Å². The van der Waals surface area contributed by atoms with Crippen LogP contribution in [-0.4, -0.2) is 41.3 Å². The molecule has 1 atom stereocenters. The predicted octanol–water partition coefficient (Wildman–Crippen LogP) is 7.34. The molecule has 6 rings (SSSR count). The molecule has 1 saturated carbocycles. The Morgan fingerprint density at radius 3 is 2.28 bits per heavy atom. The molecule has 0 bridgehead atoms. The molecule has 3 aromatic carbocycles. The zero-order valence-electron chi connectivity index (χ0n) is 23.4. The summed E-state index contributed by atoms with van der Waals surface area (Å²) in [7, 11) is 4.40. The van der Waals surface area contributed by atoms with Crippen molar-refractivity contribution < 1.29 is 4.79 Å². The highest BCUT2D eigenvalue weighted by molar-refractivity contribution is 5.98. The fourth-order valence-electron chi connectivity index (χ4n) is 7.39. The van der Waals surface area contributed by atoms with E-state index in [1.165, 1.54) is 27.7 Å². The average molecular weight is 518 g/mol. The molecular weight excluding hydrogens is 478 g/mol. The van der Waals surface area contributed by atoms with E-state index in [2.05, 4.69) is 95.6 Å². The zero-order valence-corrected chi connectivity index (χ0v) is 23.4. The van der Waals surface area contributed by atoms with Gasteiger partial charge in [-0.2, -0.15) is 0 Å². The molecule has 1 aliphatic carbocycles. The van der Waals surface area contributed by atoms with Crippen LogP contribution in [-0.2, 0) is 16.8 Å². The largest absolute Gasteiger partial charge is 0.356 e. The van der Waals surface area contributed by atoms with E-state index in [9.17, 15) is 4.79 Å². The highest BCUT2D eigenvalue weighted by Crippen LogP contribution is 2.51. The number of rotatable bonds is 5. The number of benzene rings is 3. The molecule has 1 spiro atoms. The summed E-state index contributed by atoms with van der Waals surface area (Å²) in [6.07, 6.45) is 7.03. The highest BCUT2D eigenvalue weighted by atomic mass is 16.2. The Kier molecular flexibility index (Phi) is 6.90. The Balaban J connectivity index is 1.37. The van der Waals surface area contributed by atoms with Gasteiger partial charge in [-0.1, -0.05) is 78.9 Å². The maximum atomic E-state index is 14.2. The van der Waals surface area contributed by atoms with Crippen molar-refractivity contribution in [2.75, 3.05) is 20.6 Å². The lowest BCUT2D eigenvalue weighted by Crippen LogP contribution is -2.55. The van der Waals surface area contributed by atoms with Gasteiger partial charge in [-0.3, -0.25) is 4.79 Å². The lowest BCUT2D eigenvalue weighted by Gasteiger charge is -2.52. The maximum absolute atomic E-state index is 14.2. The second kappa shape index (κ2) is 10.5. The lowest BCUT2D eigenvalue weighted by molar-refractivity contribution is -0.137. The first kappa shape index (κ1) is 25.6. The number of aromatic nitrogens is 1. The Hall–Kier alpha value is -3.63. The molecule has 1 amide bonds. The van der Waals surface area contributed by atoms with Gasteiger partial charge in [0.05, 0.1) is 5.54 Å². The molecule has 1 unspecified atom stereocenters. The molecule has 2 heterocycles. The van der Waals surface area contributed by atoms with Crippen molar-refractivity contribution in [3.63, 3.8) is 0 Å². The van der Waals surface area contributed by atoms with E-state index in [1.807, 2.05) is 31.2 Å². The number of H-pyrrole nitrogens is 1. The number of aromatic amines is 1. The van der Waals surface area contributed by atoms with Gasteiger partial charge in [0.25, 0.3) is 0 Å². The van der Waals surface area contributed by atoms with Crippen molar-refractivity contribution in [1.82, 2.24) is 14.8 Å². The number of fused-ring (bicyclic) bond motifs is 4. The van der Waals surface area contributed by atoms with Crippen LogP contribution in [0, 0.1) is 5.92 Å². The van der Waals surface area contributed by atoms with Crippen molar-refractivity contribution in [2.45, 2.75) is 50.6 Å². The van der Waals surface area contributed by atoms with Crippen LogP contribution in [0.2, 0.25) is 0 Å². The Labute approximate surface area is 232 Å². The summed E-state index contributed by atoms with van der Waals surface area (Å²) in [4.78, 5) is 22.6. The summed E-state index contributed by atoms with van der Waals surface area (Å²) in [5, 5.41) is 1.31. The first-order chi connectivity index (χ1) is 19.0. The zero-order chi connectivity index (χ0) is 27.0. The summed E-state index contributed by atoms with van der Waals surface area (Å²) in [6.45, 7) is 2.74. The maximum Gasteiger partial charge on any atom is 0.250 e. The highest BCUT2D eigenvalue weighted by Gasteiger charge is 2.49. The van der Waals surface area contributed by atoms with Gasteiger partial charge in [-0.05, 0) is 87.9 Å². The summed E-state index contributed by atoms with van der Waals surface area (Å²) in [5.41, 5.74) is 6.82. The molecule has 200 valence electrons. The first-order valence-corrected chi connectivity index (χ1v) is 14.3. The minimum atomic E-state index is -0.306. The van der Waals surface area contributed by atoms with Gasteiger partial charge in [-0.25, -0.2) is 0 Å². The third-order valence-corrected chi connectivity index (χ3v) is 9.15. The number of nitrogens with zero attached hydrogens (tertiary/aromatic N) is 2. The number of hydrogen-bond donors (Lipinski definition) is 1. The smallest absolute Gasteiger partial charge is 0.250 e. The van der Waals surface area contributed by atoms with E-state index in [4.69, 9.17) is 0 Å². The van der Waals surface area contributed by atoms with Crippen molar-refractivity contribution in [1.29, 1.82) is 0 Å².